The molecule has 3 N–H and O–H groups in total. The molecule has 1 amide bonds. The van der Waals surface area contributed by atoms with Crippen molar-refractivity contribution in [2.75, 3.05) is 20.3 Å². The third-order valence-electron chi connectivity index (χ3n) is 2.02. The van der Waals surface area contributed by atoms with E-state index in [2.05, 4.69) is 10.3 Å². The standard InChI is InChI=1S/C10H17N3O2S/c1-7(5-15-2)4-12-10(14)8-6-16-9(3-11)13-8/h6-7H,3-5,11H2,1-2H3,(H,12,14). The summed E-state index contributed by atoms with van der Waals surface area (Å²) in [5.41, 5.74) is 5.86. The number of ether oxygens (including phenoxy) is 1. The van der Waals surface area contributed by atoms with Gasteiger partial charge in [-0.3, -0.25) is 4.79 Å². The number of carbonyl (C=O) groups is 1. The summed E-state index contributed by atoms with van der Waals surface area (Å²) in [5.74, 6) is 0.139. The predicted octanol–water partition coefficient (Wildman–Crippen LogP) is 0.614. The summed E-state index contributed by atoms with van der Waals surface area (Å²) in [7, 11) is 1.65. The zero-order chi connectivity index (χ0) is 12.0. The molecule has 6 heteroatoms. The Balaban J connectivity index is 2.40. The molecule has 1 unspecified atom stereocenters. The molecule has 0 spiro atoms. The normalized spacial score (nSPS) is 12.4. The van der Waals surface area contributed by atoms with Crippen LogP contribution in [0.5, 0.6) is 0 Å². The molecule has 1 heterocycles. The van der Waals surface area contributed by atoms with Crippen LogP contribution in [-0.2, 0) is 11.3 Å². The Morgan fingerprint density at radius 3 is 3.06 bits per heavy atom. The molecule has 1 aromatic rings. The summed E-state index contributed by atoms with van der Waals surface area (Å²) in [6.45, 7) is 3.60. The number of carbonyl (C=O) groups excluding carboxylic acids is 1. The van der Waals surface area contributed by atoms with Crippen molar-refractivity contribution in [1.29, 1.82) is 0 Å². The maximum atomic E-state index is 11.6. The zero-order valence-electron chi connectivity index (χ0n) is 9.53. The van der Waals surface area contributed by atoms with E-state index >= 15 is 0 Å². The van der Waals surface area contributed by atoms with Gasteiger partial charge in [-0.1, -0.05) is 6.92 Å². The molecule has 0 bridgehead atoms. The van der Waals surface area contributed by atoms with Gasteiger partial charge in [0.15, 0.2) is 0 Å². The number of methoxy groups -OCH3 is 1. The first-order valence-electron chi connectivity index (χ1n) is 5.09. The summed E-state index contributed by atoms with van der Waals surface area (Å²) < 4.78 is 4.98. The van der Waals surface area contributed by atoms with Crippen molar-refractivity contribution in [2.24, 2.45) is 11.7 Å². The first kappa shape index (κ1) is 13.1. The molecule has 90 valence electrons. The number of nitrogens with one attached hydrogen (secondary N) is 1. The van der Waals surface area contributed by atoms with Crippen molar-refractivity contribution in [1.82, 2.24) is 10.3 Å². The molecular formula is C10H17N3O2S. The van der Waals surface area contributed by atoms with Gasteiger partial charge in [0, 0.05) is 25.6 Å². The van der Waals surface area contributed by atoms with Crippen LogP contribution in [0, 0.1) is 5.92 Å². The molecule has 16 heavy (non-hydrogen) atoms. The van der Waals surface area contributed by atoms with Crippen LogP contribution in [-0.4, -0.2) is 31.2 Å². The largest absolute Gasteiger partial charge is 0.384 e. The van der Waals surface area contributed by atoms with Crippen molar-refractivity contribution in [3.05, 3.63) is 16.1 Å². The Bertz CT molecular complexity index is 341. The molecule has 0 radical (unpaired) electrons. The van der Waals surface area contributed by atoms with E-state index in [0.717, 1.165) is 5.01 Å². The van der Waals surface area contributed by atoms with Gasteiger partial charge in [0.05, 0.1) is 6.61 Å². The second-order valence-corrected chi connectivity index (χ2v) is 4.54. The summed E-state index contributed by atoms with van der Waals surface area (Å²) in [4.78, 5) is 15.7. The summed E-state index contributed by atoms with van der Waals surface area (Å²) in [6.07, 6.45) is 0. The van der Waals surface area contributed by atoms with Gasteiger partial charge in [-0.15, -0.1) is 11.3 Å². The maximum Gasteiger partial charge on any atom is 0.270 e. The number of nitrogens with two attached hydrogens (primary N) is 1. The fraction of sp³-hybridized carbons (Fsp3) is 0.600. The van der Waals surface area contributed by atoms with Crippen molar-refractivity contribution in [2.45, 2.75) is 13.5 Å². The highest BCUT2D eigenvalue weighted by atomic mass is 32.1. The summed E-state index contributed by atoms with van der Waals surface area (Å²) in [6, 6.07) is 0. The molecule has 0 fully saturated rings. The highest BCUT2D eigenvalue weighted by Crippen LogP contribution is 2.08. The topological polar surface area (TPSA) is 77.2 Å². The van der Waals surface area contributed by atoms with Gasteiger partial charge in [0.2, 0.25) is 0 Å². The quantitative estimate of drug-likeness (QED) is 0.767. The monoisotopic (exact) mass is 243 g/mol. The molecule has 0 saturated carbocycles. The average molecular weight is 243 g/mol. The number of thiazole rings is 1. The fourth-order valence-corrected chi connectivity index (χ4v) is 1.86. The van der Waals surface area contributed by atoms with Gasteiger partial charge < -0.3 is 15.8 Å². The molecule has 1 atom stereocenters. The third kappa shape index (κ3) is 3.88. The van der Waals surface area contributed by atoms with E-state index in [9.17, 15) is 4.79 Å². The van der Waals surface area contributed by atoms with Crippen LogP contribution < -0.4 is 11.1 Å². The summed E-state index contributed by atoms with van der Waals surface area (Å²) >= 11 is 1.40. The van der Waals surface area contributed by atoms with Crippen molar-refractivity contribution in [3.63, 3.8) is 0 Å². The lowest BCUT2D eigenvalue weighted by atomic mass is 10.2. The average Bonchev–Trinajstić information content (AvgIpc) is 2.75. The highest BCUT2D eigenvalue weighted by Gasteiger charge is 2.11. The molecule has 0 aliphatic rings. The molecule has 0 aliphatic carbocycles. The SMILES string of the molecule is COCC(C)CNC(=O)c1csc(CN)n1. The zero-order valence-corrected chi connectivity index (χ0v) is 10.3. The van der Waals surface area contributed by atoms with Gasteiger partial charge in [0.25, 0.3) is 5.91 Å². The van der Waals surface area contributed by atoms with E-state index in [1.54, 1.807) is 12.5 Å². The molecule has 0 saturated heterocycles. The Morgan fingerprint density at radius 2 is 2.50 bits per heavy atom. The Labute approximate surface area is 99.0 Å². The molecular weight excluding hydrogens is 226 g/mol. The number of amides is 1. The van der Waals surface area contributed by atoms with E-state index < -0.39 is 0 Å². The van der Waals surface area contributed by atoms with Crippen LogP contribution in [0.1, 0.15) is 22.4 Å². The van der Waals surface area contributed by atoms with Gasteiger partial charge in [0.1, 0.15) is 10.7 Å². The van der Waals surface area contributed by atoms with E-state index in [4.69, 9.17) is 10.5 Å². The smallest absolute Gasteiger partial charge is 0.270 e. The van der Waals surface area contributed by atoms with Crippen molar-refractivity contribution in [3.8, 4) is 0 Å². The van der Waals surface area contributed by atoms with Gasteiger partial charge in [-0.25, -0.2) is 4.98 Å². The lowest BCUT2D eigenvalue weighted by Gasteiger charge is -2.10. The fourth-order valence-electron chi connectivity index (χ4n) is 1.21. The highest BCUT2D eigenvalue weighted by molar-refractivity contribution is 7.09. The van der Waals surface area contributed by atoms with Crippen LogP contribution in [0.25, 0.3) is 0 Å². The van der Waals surface area contributed by atoms with Crippen LogP contribution in [0.15, 0.2) is 5.38 Å². The Hall–Kier alpha value is -0.980. The lowest BCUT2D eigenvalue weighted by molar-refractivity contribution is 0.0929. The predicted molar refractivity (Wildman–Crippen MR) is 63.4 cm³/mol. The second-order valence-electron chi connectivity index (χ2n) is 3.60. The van der Waals surface area contributed by atoms with Crippen molar-refractivity contribution >= 4 is 17.2 Å². The van der Waals surface area contributed by atoms with Crippen molar-refractivity contribution < 1.29 is 9.53 Å². The number of nitrogens with zero attached hydrogens (tertiary/aromatic N) is 1. The second kappa shape index (κ2) is 6.57. The van der Waals surface area contributed by atoms with Crippen LogP contribution in [0.4, 0.5) is 0 Å². The van der Waals surface area contributed by atoms with Crippen LogP contribution >= 0.6 is 11.3 Å². The number of hydrogen-bond donors (Lipinski definition) is 2. The molecule has 1 aromatic heterocycles. The minimum absolute atomic E-state index is 0.154. The third-order valence-corrected chi connectivity index (χ3v) is 2.89. The minimum atomic E-state index is -0.154. The van der Waals surface area contributed by atoms with Gasteiger partial charge >= 0.3 is 0 Å². The Morgan fingerprint density at radius 1 is 1.75 bits per heavy atom. The first-order chi connectivity index (χ1) is 7.67. The maximum absolute atomic E-state index is 11.6. The van der Waals surface area contributed by atoms with E-state index in [1.807, 2.05) is 6.92 Å². The molecule has 1 rings (SSSR count). The van der Waals surface area contributed by atoms with Crippen LogP contribution in [0.3, 0.4) is 0 Å². The van der Waals surface area contributed by atoms with Gasteiger partial charge in [-0.05, 0) is 5.92 Å². The number of hydrogen-bond acceptors (Lipinski definition) is 5. The summed E-state index contributed by atoms with van der Waals surface area (Å²) in [5, 5.41) is 5.30. The van der Waals surface area contributed by atoms with Gasteiger partial charge in [-0.2, -0.15) is 0 Å². The van der Waals surface area contributed by atoms with E-state index in [-0.39, 0.29) is 5.91 Å². The van der Waals surface area contributed by atoms with Crippen LogP contribution in [0.2, 0.25) is 0 Å². The lowest BCUT2D eigenvalue weighted by Crippen LogP contribution is -2.30. The number of rotatable bonds is 6. The number of aromatic nitrogens is 1. The van der Waals surface area contributed by atoms with E-state index in [1.165, 1.54) is 11.3 Å². The minimum Gasteiger partial charge on any atom is -0.384 e. The first-order valence-corrected chi connectivity index (χ1v) is 5.97. The molecule has 0 aromatic carbocycles. The van der Waals surface area contributed by atoms with E-state index in [0.29, 0.717) is 31.3 Å². The Kier molecular flexibility index (Phi) is 5.37. The molecule has 5 nitrogen and oxygen atoms in total. The molecule has 0 aliphatic heterocycles.